The van der Waals surface area contributed by atoms with Crippen molar-refractivity contribution in [2.75, 3.05) is 13.1 Å². The third kappa shape index (κ3) is 4.43. The summed E-state index contributed by atoms with van der Waals surface area (Å²) in [5.41, 5.74) is 5.34. The summed E-state index contributed by atoms with van der Waals surface area (Å²) in [6.45, 7) is 4.83. The minimum Gasteiger partial charge on any atom is -0.409 e. The lowest BCUT2D eigenvalue weighted by Gasteiger charge is -2.31. The summed E-state index contributed by atoms with van der Waals surface area (Å²) in [5.74, 6) is 0.395. The zero-order valence-corrected chi connectivity index (χ0v) is 11.7. The predicted octanol–water partition coefficient (Wildman–Crippen LogP) is 0.0777. The van der Waals surface area contributed by atoms with Gasteiger partial charge in [-0.05, 0) is 25.7 Å². The molecule has 106 valence electrons. The van der Waals surface area contributed by atoms with Crippen molar-refractivity contribution >= 4 is 16.0 Å². The van der Waals surface area contributed by atoms with Gasteiger partial charge < -0.3 is 10.9 Å². The van der Waals surface area contributed by atoms with E-state index in [1.165, 1.54) is 4.31 Å². The van der Waals surface area contributed by atoms with E-state index < -0.39 is 16.3 Å². The van der Waals surface area contributed by atoms with Crippen LogP contribution in [0.4, 0.5) is 0 Å². The highest BCUT2D eigenvalue weighted by Crippen LogP contribution is 2.17. The largest absolute Gasteiger partial charge is 0.409 e. The van der Waals surface area contributed by atoms with Gasteiger partial charge in [-0.15, -0.1) is 0 Å². The van der Waals surface area contributed by atoms with E-state index >= 15 is 0 Å². The number of hydrogen-bond donors (Lipinski definition) is 3. The lowest BCUT2D eigenvalue weighted by molar-refractivity contribution is 0.277. The second-order valence-corrected chi connectivity index (χ2v) is 6.63. The zero-order chi connectivity index (χ0) is 13.8. The Morgan fingerprint density at radius 1 is 1.67 bits per heavy atom. The van der Waals surface area contributed by atoms with Crippen LogP contribution in [0.5, 0.6) is 0 Å². The molecule has 0 amide bonds. The summed E-state index contributed by atoms with van der Waals surface area (Å²) >= 11 is 0. The third-order valence-corrected chi connectivity index (χ3v) is 4.67. The van der Waals surface area contributed by atoms with Gasteiger partial charge in [-0.2, -0.15) is 17.4 Å². The molecule has 1 rings (SSSR count). The average Bonchev–Trinajstić information content (AvgIpc) is 2.28. The van der Waals surface area contributed by atoms with E-state index in [0.29, 0.717) is 19.0 Å². The number of hydrogen-bond acceptors (Lipinski definition) is 4. The number of nitrogens with zero attached hydrogens (tertiary/aromatic N) is 2. The quantitative estimate of drug-likeness (QED) is 0.286. The van der Waals surface area contributed by atoms with Crippen LogP contribution < -0.4 is 10.5 Å². The van der Waals surface area contributed by atoms with Gasteiger partial charge in [0.15, 0.2) is 0 Å². The van der Waals surface area contributed by atoms with Crippen molar-refractivity contribution in [2.45, 2.75) is 39.2 Å². The van der Waals surface area contributed by atoms with Crippen LogP contribution in [0.2, 0.25) is 0 Å². The second-order valence-electron chi connectivity index (χ2n) is 4.92. The van der Waals surface area contributed by atoms with Gasteiger partial charge in [0.1, 0.15) is 5.84 Å². The molecule has 0 aromatic rings. The average molecular weight is 278 g/mol. The SMILES string of the molecule is CC1CCCN(S(=O)(=O)NC(C)CC(N)=NO)C1. The van der Waals surface area contributed by atoms with E-state index in [0.717, 1.165) is 12.8 Å². The molecule has 4 N–H and O–H groups in total. The highest BCUT2D eigenvalue weighted by Gasteiger charge is 2.28. The van der Waals surface area contributed by atoms with Gasteiger partial charge in [-0.3, -0.25) is 0 Å². The van der Waals surface area contributed by atoms with Crippen molar-refractivity contribution in [3.63, 3.8) is 0 Å². The monoisotopic (exact) mass is 278 g/mol. The molecular weight excluding hydrogens is 256 g/mol. The van der Waals surface area contributed by atoms with Crippen molar-refractivity contribution in [3.05, 3.63) is 0 Å². The van der Waals surface area contributed by atoms with E-state index in [1.54, 1.807) is 6.92 Å². The van der Waals surface area contributed by atoms with Crippen molar-refractivity contribution < 1.29 is 13.6 Å². The molecule has 0 radical (unpaired) electrons. The van der Waals surface area contributed by atoms with Crippen LogP contribution in [0, 0.1) is 5.92 Å². The minimum absolute atomic E-state index is 0.0113. The number of nitrogens with two attached hydrogens (primary N) is 1. The predicted molar refractivity (Wildman–Crippen MR) is 69.5 cm³/mol. The normalized spacial score (nSPS) is 25.0. The fourth-order valence-electron chi connectivity index (χ4n) is 2.09. The highest BCUT2D eigenvalue weighted by molar-refractivity contribution is 7.87. The molecule has 2 atom stereocenters. The van der Waals surface area contributed by atoms with E-state index in [1.807, 2.05) is 6.92 Å². The van der Waals surface area contributed by atoms with Gasteiger partial charge in [-0.25, -0.2) is 0 Å². The third-order valence-electron chi connectivity index (χ3n) is 2.95. The van der Waals surface area contributed by atoms with E-state index in [9.17, 15) is 8.42 Å². The topological polar surface area (TPSA) is 108 Å². The fraction of sp³-hybridized carbons (Fsp3) is 0.900. The molecule has 1 fully saturated rings. The number of oxime groups is 1. The van der Waals surface area contributed by atoms with Gasteiger partial charge in [0.2, 0.25) is 0 Å². The summed E-state index contributed by atoms with van der Waals surface area (Å²) in [7, 11) is -3.48. The van der Waals surface area contributed by atoms with Crippen LogP contribution in [0.1, 0.15) is 33.1 Å². The molecular formula is C10H22N4O3S. The van der Waals surface area contributed by atoms with Crippen molar-refractivity contribution in [1.82, 2.24) is 9.03 Å². The highest BCUT2D eigenvalue weighted by atomic mass is 32.2. The molecule has 0 aromatic heterocycles. The number of nitrogens with one attached hydrogen (secondary N) is 1. The number of piperidine rings is 1. The second kappa shape index (κ2) is 6.35. The lowest BCUT2D eigenvalue weighted by Crippen LogP contribution is -2.48. The van der Waals surface area contributed by atoms with Gasteiger partial charge >= 0.3 is 0 Å². The van der Waals surface area contributed by atoms with Crippen molar-refractivity contribution in [1.29, 1.82) is 0 Å². The van der Waals surface area contributed by atoms with Gasteiger partial charge in [-0.1, -0.05) is 12.1 Å². The Labute approximate surface area is 108 Å². The summed E-state index contributed by atoms with van der Waals surface area (Å²) in [4.78, 5) is 0. The number of amidine groups is 1. The molecule has 1 saturated heterocycles. The van der Waals surface area contributed by atoms with Crippen molar-refractivity contribution in [2.24, 2.45) is 16.8 Å². The molecule has 1 aliphatic rings. The maximum atomic E-state index is 12.1. The molecule has 2 unspecified atom stereocenters. The van der Waals surface area contributed by atoms with E-state index in [-0.39, 0.29) is 12.3 Å². The summed E-state index contributed by atoms with van der Waals surface area (Å²) < 4.78 is 28.2. The van der Waals surface area contributed by atoms with E-state index in [2.05, 4.69) is 9.88 Å². The van der Waals surface area contributed by atoms with Gasteiger partial charge in [0, 0.05) is 25.6 Å². The molecule has 1 heterocycles. The fourth-order valence-corrected chi connectivity index (χ4v) is 3.65. The molecule has 8 heteroatoms. The van der Waals surface area contributed by atoms with Gasteiger partial charge in [0.25, 0.3) is 10.2 Å². The molecule has 0 aromatic carbocycles. The van der Waals surface area contributed by atoms with Gasteiger partial charge in [0.05, 0.1) is 0 Å². The smallest absolute Gasteiger partial charge is 0.279 e. The molecule has 18 heavy (non-hydrogen) atoms. The molecule has 0 bridgehead atoms. The van der Waals surface area contributed by atoms with Crippen LogP contribution in [0.3, 0.4) is 0 Å². The Morgan fingerprint density at radius 2 is 2.33 bits per heavy atom. The standard InChI is InChI=1S/C10H22N4O3S/c1-8-4-3-5-14(7-8)18(16,17)13-9(2)6-10(11)12-15/h8-9,13,15H,3-7H2,1-2H3,(H2,11,12). The Morgan fingerprint density at radius 3 is 2.89 bits per heavy atom. The first-order chi connectivity index (χ1) is 8.35. The Bertz CT molecular complexity index is 396. The minimum atomic E-state index is -3.48. The molecule has 1 aliphatic heterocycles. The summed E-state index contributed by atoms with van der Waals surface area (Å²) in [5, 5.41) is 11.3. The van der Waals surface area contributed by atoms with Crippen LogP contribution in [-0.2, 0) is 10.2 Å². The Balaban J connectivity index is 2.58. The van der Waals surface area contributed by atoms with Crippen LogP contribution in [-0.4, -0.2) is 42.9 Å². The molecule has 0 spiro atoms. The first kappa shape index (κ1) is 15.2. The van der Waals surface area contributed by atoms with Crippen LogP contribution in [0.15, 0.2) is 5.16 Å². The summed E-state index contributed by atoms with van der Waals surface area (Å²) in [6, 6.07) is -0.400. The zero-order valence-electron chi connectivity index (χ0n) is 10.8. The Hall–Kier alpha value is -0.860. The number of rotatable bonds is 5. The Kier molecular flexibility index (Phi) is 5.36. The van der Waals surface area contributed by atoms with Crippen LogP contribution in [0.25, 0.3) is 0 Å². The lowest BCUT2D eigenvalue weighted by atomic mass is 10.0. The van der Waals surface area contributed by atoms with Crippen LogP contribution >= 0.6 is 0 Å². The van der Waals surface area contributed by atoms with Crippen molar-refractivity contribution in [3.8, 4) is 0 Å². The molecule has 7 nitrogen and oxygen atoms in total. The van der Waals surface area contributed by atoms with E-state index in [4.69, 9.17) is 10.9 Å². The first-order valence-electron chi connectivity index (χ1n) is 6.09. The molecule has 0 saturated carbocycles. The maximum absolute atomic E-state index is 12.1. The summed E-state index contributed by atoms with van der Waals surface area (Å²) in [6.07, 6.45) is 2.13. The maximum Gasteiger partial charge on any atom is 0.279 e. The molecule has 0 aliphatic carbocycles. The first-order valence-corrected chi connectivity index (χ1v) is 7.53.